The first-order valence-electron chi connectivity index (χ1n) is 15.8. The molecule has 0 aliphatic rings. The van der Waals surface area contributed by atoms with E-state index in [2.05, 4.69) is 10.6 Å². The summed E-state index contributed by atoms with van der Waals surface area (Å²) >= 11 is 0. The number of amides is 3. The molecule has 3 amide bonds. The topological polar surface area (TPSA) is 136 Å². The van der Waals surface area contributed by atoms with Gasteiger partial charge in [-0.25, -0.2) is 5.06 Å². The van der Waals surface area contributed by atoms with Gasteiger partial charge < -0.3 is 19.8 Å². The average Bonchev–Trinajstić information content (AvgIpc) is 3.62. The number of hydroxylamine groups is 2. The number of nitrogens with zero attached hydrogens (tertiary/aromatic N) is 1. The van der Waals surface area contributed by atoms with Crippen molar-refractivity contribution in [2.45, 2.75) is 45.8 Å². The van der Waals surface area contributed by atoms with Crippen LogP contribution in [0.15, 0.2) is 95.4 Å². The highest BCUT2D eigenvalue weighted by Crippen LogP contribution is 2.30. The lowest BCUT2D eigenvalue weighted by molar-refractivity contribution is -0.200. The second kappa shape index (κ2) is 18.5. The number of carbonyl (C=O) groups excluding carboxylic acids is 3. The Kier molecular flexibility index (Phi) is 13.9. The van der Waals surface area contributed by atoms with Gasteiger partial charge in [0.15, 0.2) is 5.76 Å². The van der Waals surface area contributed by atoms with Gasteiger partial charge in [-0.15, -0.1) is 4.52 Å². The average molecular weight is 675 g/mol. The quantitative estimate of drug-likeness (QED) is 0.0553. The van der Waals surface area contributed by atoms with Crippen LogP contribution in [0.1, 0.15) is 48.4 Å². The molecule has 3 atom stereocenters. The number of rotatable bonds is 19. The lowest BCUT2D eigenvalue weighted by atomic mass is 9.90. The van der Waals surface area contributed by atoms with Crippen LogP contribution in [0.2, 0.25) is 0 Å². The molecule has 0 saturated heterocycles. The molecule has 3 aromatic carbocycles. The molecule has 0 bridgehead atoms. The molecule has 4 rings (SSSR count). The third-order valence-electron chi connectivity index (χ3n) is 7.67. The maximum atomic E-state index is 13.6. The van der Waals surface area contributed by atoms with Gasteiger partial charge in [-0.3, -0.25) is 19.2 Å². The summed E-state index contributed by atoms with van der Waals surface area (Å²) in [4.78, 5) is 44.7. The minimum atomic E-state index is -2.09. The molecule has 0 aliphatic carbocycles. The van der Waals surface area contributed by atoms with Crippen molar-refractivity contribution in [3.05, 3.63) is 108 Å². The fourth-order valence-corrected chi connectivity index (χ4v) is 5.95. The molecule has 0 spiro atoms. The van der Waals surface area contributed by atoms with Gasteiger partial charge in [0.2, 0.25) is 17.6 Å². The molecule has 48 heavy (non-hydrogen) atoms. The standard InChI is InChI=1S/C36H40N3O8P/c1-4-32(39(25-40)46-23-27-14-10-7-11-15-27)31(17-16-26-12-8-6-9-13-26)35(41)37-24-38-36(42)34-19-18-33(47-34)28-20-29(45-5-2)22-30(21-28)48(43)44-3/h6-15,18-22,25,31-32H,4-5,16-17,23-24H2,1-3H3,(H-,37,38,41,42)/p+1. The predicted molar refractivity (Wildman–Crippen MR) is 182 cm³/mol. The number of aryl methyl sites for hydroxylation is 1. The molecule has 4 aromatic rings. The molecule has 0 radical (unpaired) electrons. The smallest absolute Gasteiger partial charge is 0.494 e. The molecule has 1 aromatic heterocycles. The minimum Gasteiger partial charge on any atom is -0.494 e. The van der Waals surface area contributed by atoms with Crippen LogP contribution in [0.4, 0.5) is 0 Å². The summed E-state index contributed by atoms with van der Waals surface area (Å²) in [5.74, 6) is -0.634. The van der Waals surface area contributed by atoms with E-state index in [1.165, 1.54) is 18.2 Å². The van der Waals surface area contributed by atoms with Gasteiger partial charge in [0, 0.05) is 17.7 Å². The highest BCUT2D eigenvalue weighted by molar-refractivity contribution is 7.48. The summed E-state index contributed by atoms with van der Waals surface area (Å²) in [6.45, 7) is 4.14. The Morgan fingerprint density at radius 2 is 1.65 bits per heavy atom. The van der Waals surface area contributed by atoms with Gasteiger partial charge in [-0.2, -0.15) is 0 Å². The van der Waals surface area contributed by atoms with E-state index in [0.717, 1.165) is 11.1 Å². The Hall–Kier alpha value is -4.83. The van der Waals surface area contributed by atoms with E-state index >= 15 is 0 Å². The number of hydrogen-bond acceptors (Lipinski definition) is 8. The van der Waals surface area contributed by atoms with Crippen LogP contribution < -0.4 is 20.7 Å². The Morgan fingerprint density at radius 1 is 0.938 bits per heavy atom. The number of carbonyl (C=O) groups is 3. The highest BCUT2D eigenvalue weighted by Gasteiger charge is 2.32. The van der Waals surface area contributed by atoms with Crippen LogP contribution in [0, 0.1) is 5.92 Å². The van der Waals surface area contributed by atoms with Crippen molar-refractivity contribution in [3.63, 3.8) is 0 Å². The van der Waals surface area contributed by atoms with Crippen LogP contribution in [0.5, 0.6) is 5.75 Å². The molecular weight excluding hydrogens is 633 g/mol. The fourth-order valence-electron chi connectivity index (χ4n) is 5.27. The van der Waals surface area contributed by atoms with Crippen LogP contribution in [0.3, 0.4) is 0 Å². The largest absolute Gasteiger partial charge is 0.548 e. The maximum absolute atomic E-state index is 13.6. The first kappa shape index (κ1) is 36.0. The zero-order valence-corrected chi connectivity index (χ0v) is 28.2. The monoisotopic (exact) mass is 674 g/mol. The molecule has 2 N–H and O–H groups in total. The predicted octanol–water partition coefficient (Wildman–Crippen LogP) is 5.78. The van der Waals surface area contributed by atoms with Crippen LogP contribution in [-0.4, -0.2) is 49.7 Å². The van der Waals surface area contributed by atoms with Crippen molar-refractivity contribution in [1.82, 2.24) is 15.7 Å². The minimum absolute atomic E-state index is 0.0206. The van der Waals surface area contributed by atoms with Crippen LogP contribution in [0.25, 0.3) is 11.3 Å². The molecule has 11 nitrogen and oxygen atoms in total. The summed E-state index contributed by atoms with van der Waals surface area (Å²) in [5.41, 5.74) is 2.51. The van der Waals surface area contributed by atoms with Gasteiger partial charge in [-0.1, -0.05) is 67.6 Å². The van der Waals surface area contributed by atoms with Gasteiger partial charge in [0.05, 0.1) is 32.3 Å². The van der Waals surface area contributed by atoms with E-state index in [4.69, 9.17) is 18.5 Å². The van der Waals surface area contributed by atoms with Gasteiger partial charge in [-0.05, 0) is 60.1 Å². The summed E-state index contributed by atoms with van der Waals surface area (Å²) in [7, 11) is -0.742. The molecule has 1 heterocycles. The fraction of sp³-hybridized carbons (Fsp3) is 0.306. The van der Waals surface area contributed by atoms with Crippen molar-refractivity contribution < 1.29 is 37.5 Å². The molecular formula is C36H41N3O8P+. The van der Waals surface area contributed by atoms with E-state index in [1.807, 2.05) is 74.5 Å². The van der Waals surface area contributed by atoms with Gasteiger partial charge >= 0.3 is 8.03 Å². The number of ether oxygens (including phenoxy) is 1. The molecule has 0 fully saturated rings. The molecule has 0 aliphatic heterocycles. The van der Waals surface area contributed by atoms with E-state index in [9.17, 15) is 18.9 Å². The normalized spacial score (nSPS) is 12.4. The van der Waals surface area contributed by atoms with Gasteiger partial charge in [0.25, 0.3) is 5.91 Å². The zero-order valence-electron chi connectivity index (χ0n) is 27.3. The number of nitrogens with one attached hydrogen (secondary N) is 2. The Bertz CT molecular complexity index is 1650. The van der Waals surface area contributed by atoms with E-state index in [1.54, 1.807) is 24.3 Å². The molecule has 252 valence electrons. The van der Waals surface area contributed by atoms with Crippen LogP contribution in [-0.2, 0) is 36.5 Å². The van der Waals surface area contributed by atoms with Crippen molar-refractivity contribution in [2.24, 2.45) is 5.92 Å². The number of furan rings is 1. The molecule has 0 saturated carbocycles. The summed E-state index contributed by atoms with van der Waals surface area (Å²) in [6.07, 6.45) is 2.12. The van der Waals surface area contributed by atoms with E-state index < -0.39 is 25.9 Å². The van der Waals surface area contributed by atoms with Crippen molar-refractivity contribution in [1.29, 1.82) is 0 Å². The van der Waals surface area contributed by atoms with Gasteiger partial charge in [0.1, 0.15) is 18.1 Å². The first-order chi connectivity index (χ1) is 23.4. The van der Waals surface area contributed by atoms with Crippen LogP contribution >= 0.6 is 8.03 Å². The third-order valence-corrected chi connectivity index (χ3v) is 8.68. The lowest BCUT2D eigenvalue weighted by Gasteiger charge is -2.32. The molecule has 3 unspecified atom stereocenters. The van der Waals surface area contributed by atoms with E-state index in [0.29, 0.717) is 54.7 Å². The zero-order chi connectivity index (χ0) is 34.3. The lowest BCUT2D eigenvalue weighted by Crippen LogP contribution is -2.48. The summed E-state index contributed by atoms with van der Waals surface area (Å²) in [5, 5.41) is 7.11. The maximum Gasteiger partial charge on any atom is 0.548 e. The second-order valence-corrected chi connectivity index (χ2v) is 12.2. The summed E-state index contributed by atoms with van der Waals surface area (Å²) in [6, 6.07) is 26.8. The first-order valence-corrected chi connectivity index (χ1v) is 16.9. The Labute approximate surface area is 281 Å². The Balaban J connectivity index is 1.43. The second-order valence-electron chi connectivity index (χ2n) is 10.8. The summed E-state index contributed by atoms with van der Waals surface area (Å²) < 4.78 is 28.7. The van der Waals surface area contributed by atoms with Crippen molar-refractivity contribution in [2.75, 3.05) is 20.4 Å². The highest BCUT2D eigenvalue weighted by atomic mass is 31.1. The number of benzene rings is 3. The third kappa shape index (κ3) is 10.1. The SMILES string of the molecule is CCOc1cc(-c2ccc(C(=O)NCNC(=O)C(CCc3ccccc3)C(CC)N(C=O)OCc3ccccc3)o2)cc([P+](=O)OC)c1. The Morgan fingerprint density at radius 3 is 2.29 bits per heavy atom. The molecule has 12 heteroatoms. The van der Waals surface area contributed by atoms with E-state index in [-0.39, 0.29) is 24.9 Å². The van der Waals surface area contributed by atoms with Crippen molar-refractivity contribution >= 4 is 31.6 Å². The van der Waals surface area contributed by atoms with Crippen molar-refractivity contribution in [3.8, 4) is 17.1 Å². The number of hydrogen-bond donors (Lipinski definition) is 2.